The largest absolute Gasteiger partial charge is 0.462 e. The molecule has 0 amide bonds. The lowest BCUT2D eigenvalue weighted by atomic mass is 10.0. The predicted octanol–water partition coefficient (Wildman–Crippen LogP) is 1.83. The van der Waals surface area contributed by atoms with Crippen LogP contribution in [0.5, 0.6) is 0 Å². The minimum Gasteiger partial charge on any atom is -0.462 e. The maximum Gasteiger partial charge on any atom is 0.341 e. The number of nitrogens with zero attached hydrogens (tertiary/aromatic N) is 1. The second-order valence-corrected chi connectivity index (χ2v) is 4.74. The summed E-state index contributed by atoms with van der Waals surface area (Å²) in [7, 11) is 0. The quantitative estimate of drug-likeness (QED) is 0.794. The van der Waals surface area contributed by atoms with Crippen LogP contribution >= 0.6 is 0 Å². The molecule has 0 bridgehead atoms. The smallest absolute Gasteiger partial charge is 0.341 e. The number of carbonyl (C=O) groups is 1. The first kappa shape index (κ1) is 13.8. The minimum atomic E-state index is -0.364. The summed E-state index contributed by atoms with van der Waals surface area (Å²) < 4.78 is 5.02. The van der Waals surface area contributed by atoms with Crippen LogP contribution in [0.1, 0.15) is 36.5 Å². The van der Waals surface area contributed by atoms with Crippen LogP contribution < -0.4 is 5.32 Å². The van der Waals surface area contributed by atoms with Gasteiger partial charge in [0.2, 0.25) is 0 Å². The van der Waals surface area contributed by atoms with E-state index in [0.717, 1.165) is 19.3 Å². The van der Waals surface area contributed by atoms with Crippen molar-refractivity contribution in [2.24, 2.45) is 5.92 Å². The average Bonchev–Trinajstić information content (AvgIpc) is 2.87. The first-order valence-electron chi connectivity index (χ1n) is 6.75. The van der Waals surface area contributed by atoms with E-state index >= 15 is 0 Å². The number of esters is 1. The van der Waals surface area contributed by atoms with Crippen LogP contribution in [0.3, 0.4) is 0 Å². The summed E-state index contributed by atoms with van der Waals surface area (Å²) in [5.74, 6) is 0.417. The van der Waals surface area contributed by atoms with Gasteiger partial charge in [0, 0.05) is 24.8 Å². The molecule has 0 spiro atoms. The molecule has 1 fully saturated rings. The Hall–Kier alpha value is -1.62. The molecule has 1 aliphatic carbocycles. The van der Waals surface area contributed by atoms with Crippen molar-refractivity contribution in [2.75, 3.05) is 18.5 Å². The first-order chi connectivity index (χ1) is 9.26. The number of aliphatic hydroxyl groups is 1. The van der Waals surface area contributed by atoms with Crippen molar-refractivity contribution in [3.8, 4) is 0 Å². The average molecular weight is 264 g/mol. The Morgan fingerprint density at radius 2 is 2.42 bits per heavy atom. The lowest BCUT2D eigenvalue weighted by Gasteiger charge is -2.20. The molecule has 0 aromatic carbocycles. The van der Waals surface area contributed by atoms with Gasteiger partial charge in [-0.1, -0.05) is 6.42 Å². The summed E-state index contributed by atoms with van der Waals surface area (Å²) >= 11 is 0. The minimum absolute atomic E-state index is 0.166. The fraction of sp³-hybridized carbons (Fsp3) is 0.571. The van der Waals surface area contributed by atoms with E-state index in [1.807, 2.05) is 0 Å². The Bertz CT molecular complexity index is 436. The van der Waals surface area contributed by atoms with Crippen LogP contribution in [0, 0.1) is 5.92 Å². The van der Waals surface area contributed by atoms with Gasteiger partial charge >= 0.3 is 5.97 Å². The Balaban J connectivity index is 2.13. The second-order valence-electron chi connectivity index (χ2n) is 4.74. The molecule has 5 heteroatoms. The van der Waals surface area contributed by atoms with Crippen LogP contribution in [0.4, 0.5) is 5.82 Å². The maximum atomic E-state index is 11.8. The molecule has 0 aliphatic heterocycles. The van der Waals surface area contributed by atoms with E-state index in [9.17, 15) is 9.90 Å². The molecule has 0 saturated heterocycles. The third-order valence-corrected chi connectivity index (χ3v) is 3.52. The van der Waals surface area contributed by atoms with Gasteiger partial charge in [0.05, 0.1) is 6.61 Å². The number of aromatic nitrogens is 1. The fourth-order valence-corrected chi connectivity index (χ4v) is 2.51. The lowest BCUT2D eigenvalue weighted by molar-refractivity contribution is 0.0527. The molecule has 104 valence electrons. The van der Waals surface area contributed by atoms with Gasteiger partial charge in [0.25, 0.3) is 0 Å². The van der Waals surface area contributed by atoms with Gasteiger partial charge in [-0.3, -0.25) is 0 Å². The summed E-state index contributed by atoms with van der Waals surface area (Å²) in [6, 6.07) is 3.60. The van der Waals surface area contributed by atoms with Gasteiger partial charge < -0.3 is 15.2 Å². The molecule has 0 radical (unpaired) electrons. The highest BCUT2D eigenvalue weighted by molar-refractivity contribution is 5.94. The normalized spacial score (nSPS) is 22.2. The maximum absolute atomic E-state index is 11.8. The highest BCUT2D eigenvalue weighted by Crippen LogP contribution is 2.28. The first-order valence-corrected chi connectivity index (χ1v) is 6.75. The summed E-state index contributed by atoms with van der Waals surface area (Å²) in [6.45, 7) is 2.29. The van der Waals surface area contributed by atoms with E-state index in [2.05, 4.69) is 10.3 Å². The number of hydrogen-bond donors (Lipinski definition) is 2. The Labute approximate surface area is 113 Å². The number of ether oxygens (including phenoxy) is 1. The molecule has 1 aromatic rings. The highest BCUT2D eigenvalue weighted by Gasteiger charge is 2.28. The zero-order valence-electron chi connectivity index (χ0n) is 11.1. The topological polar surface area (TPSA) is 71.5 Å². The molecule has 2 N–H and O–H groups in total. The zero-order valence-corrected chi connectivity index (χ0v) is 11.1. The van der Waals surface area contributed by atoms with Crippen molar-refractivity contribution in [3.63, 3.8) is 0 Å². The van der Waals surface area contributed by atoms with Crippen LogP contribution in [0.2, 0.25) is 0 Å². The van der Waals surface area contributed by atoms with Crippen molar-refractivity contribution < 1.29 is 14.6 Å². The zero-order chi connectivity index (χ0) is 13.7. The van der Waals surface area contributed by atoms with E-state index in [1.54, 1.807) is 25.3 Å². The number of nitrogens with one attached hydrogen (secondary N) is 1. The van der Waals surface area contributed by atoms with Gasteiger partial charge in [-0.2, -0.15) is 0 Å². The summed E-state index contributed by atoms with van der Waals surface area (Å²) in [6.07, 6.45) is 4.73. The molecular weight excluding hydrogens is 244 g/mol. The van der Waals surface area contributed by atoms with Gasteiger partial charge in [-0.25, -0.2) is 9.78 Å². The summed E-state index contributed by atoms with van der Waals surface area (Å²) in [5, 5.41) is 12.6. The predicted molar refractivity (Wildman–Crippen MR) is 72.0 cm³/mol. The fourth-order valence-electron chi connectivity index (χ4n) is 2.51. The number of hydrogen-bond acceptors (Lipinski definition) is 5. The van der Waals surface area contributed by atoms with E-state index in [1.165, 1.54) is 0 Å². The van der Waals surface area contributed by atoms with Crippen molar-refractivity contribution in [1.82, 2.24) is 4.98 Å². The molecule has 2 atom stereocenters. The standard InChI is InChI=1S/C14H20N2O3/c1-2-19-14(18)11-6-4-8-15-13(11)16-12-7-3-5-10(12)9-17/h4,6,8,10,12,17H,2-3,5,7,9H2,1H3,(H,15,16). The van der Waals surface area contributed by atoms with Gasteiger partial charge in [-0.05, 0) is 31.9 Å². The Morgan fingerprint density at radius 1 is 1.58 bits per heavy atom. The number of anilines is 1. The number of pyridine rings is 1. The van der Waals surface area contributed by atoms with Crippen LogP contribution in [0.15, 0.2) is 18.3 Å². The number of aliphatic hydroxyl groups excluding tert-OH is 1. The molecule has 1 heterocycles. The van der Waals surface area contributed by atoms with E-state index < -0.39 is 0 Å². The van der Waals surface area contributed by atoms with Crippen molar-refractivity contribution in [1.29, 1.82) is 0 Å². The highest BCUT2D eigenvalue weighted by atomic mass is 16.5. The molecule has 19 heavy (non-hydrogen) atoms. The number of carbonyl (C=O) groups excluding carboxylic acids is 1. The third-order valence-electron chi connectivity index (χ3n) is 3.52. The summed E-state index contributed by atoms with van der Waals surface area (Å²) in [5.41, 5.74) is 0.452. The Morgan fingerprint density at radius 3 is 3.16 bits per heavy atom. The molecule has 1 saturated carbocycles. The van der Waals surface area contributed by atoms with E-state index in [4.69, 9.17) is 4.74 Å². The molecule has 5 nitrogen and oxygen atoms in total. The van der Waals surface area contributed by atoms with Crippen LogP contribution in [0.25, 0.3) is 0 Å². The van der Waals surface area contributed by atoms with Crippen LogP contribution in [-0.2, 0) is 4.74 Å². The molecule has 1 aromatic heterocycles. The van der Waals surface area contributed by atoms with Gasteiger partial charge in [0.15, 0.2) is 0 Å². The van der Waals surface area contributed by atoms with Gasteiger partial charge in [0.1, 0.15) is 11.4 Å². The number of rotatable bonds is 5. The van der Waals surface area contributed by atoms with E-state index in [0.29, 0.717) is 18.0 Å². The molecule has 2 unspecified atom stereocenters. The van der Waals surface area contributed by atoms with Crippen LogP contribution in [-0.4, -0.2) is 35.3 Å². The lowest BCUT2D eigenvalue weighted by Crippen LogP contribution is -2.28. The van der Waals surface area contributed by atoms with Crippen molar-refractivity contribution in [3.05, 3.63) is 23.9 Å². The van der Waals surface area contributed by atoms with Crippen molar-refractivity contribution >= 4 is 11.8 Å². The monoisotopic (exact) mass is 264 g/mol. The van der Waals surface area contributed by atoms with Crippen molar-refractivity contribution in [2.45, 2.75) is 32.2 Å². The Kier molecular flexibility index (Phi) is 4.74. The van der Waals surface area contributed by atoms with E-state index in [-0.39, 0.29) is 24.5 Å². The second kappa shape index (κ2) is 6.52. The third kappa shape index (κ3) is 3.23. The summed E-state index contributed by atoms with van der Waals surface area (Å²) in [4.78, 5) is 16.1. The molecule has 1 aliphatic rings. The molecule has 2 rings (SSSR count). The SMILES string of the molecule is CCOC(=O)c1cccnc1NC1CCCC1CO. The molecular formula is C14H20N2O3. The van der Waals surface area contributed by atoms with Gasteiger partial charge in [-0.15, -0.1) is 0 Å².